The summed E-state index contributed by atoms with van der Waals surface area (Å²) in [7, 11) is 1.60. The molecule has 0 unspecified atom stereocenters. The van der Waals surface area contributed by atoms with Crippen LogP contribution in [-0.2, 0) is 4.79 Å². The van der Waals surface area contributed by atoms with Crippen molar-refractivity contribution in [2.45, 2.75) is 6.92 Å². The number of nitrogens with zero attached hydrogens (tertiary/aromatic N) is 2. The van der Waals surface area contributed by atoms with E-state index in [2.05, 4.69) is 10.2 Å². The normalized spacial score (nSPS) is 14.3. The van der Waals surface area contributed by atoms with E-state index in [1.54, 1.807) is 31.4 Å². The first kappa shape index (κ1) is 21.6. The molecule has 1 fully saturated rings. The largest absolute Gasteiger partial charge is 0.497 e. The van der Waals surface area contributed by atoms with E-state index in [0.29, 0.717) is 30.9 Å². The van der Waals surface area contributed by atoms with E-state index in [0.717, 1.165) is 30.9 Å². The van der Waals surface area contributed by atoms with Crippen LogP contribution >= 0.6 is 0 Å². The van der Waals surface area contributed by atoms with E-state index in [9.17, 15) is 9.59 Å². The Bertz CT molecular complexity index is 829. The zero-order valence-electron chi connectivity index (χ0n) is 17.6. The Kier molecular flexibility index (Phi) is 7.68. The quantitative estimate of drug-likeness (QED) is 0.719. The molecule has 30 heavy (non-hydrogen) atoms. The maximum atomic E-state index is 12.4. The lowest BCUT2D eigenvalue weighted by atomic mass is 10.2. The molecular weight excluding hydrogens is 382 g/mol. The summed E-state index contributed by atoms with van der Waals surface area (Å²) >= 11 is 0. The van der Waals surface area contributed by atoms with Crippen LogP contribution in [0.15, 0.2) is 48.5 Å². The van der Waals surface area contributed by atoms with E-state index < -0.39 is 0 Å². The van der Waals surface area contributed by atoms with Gasteiger partial charge in [-0.2, -0.15) is 0 Å². The van der Waals surface area contributed by atoms with Crippen molar-refractivity contribution in [2.75, 3.05) is 53.0 Å². The molecule has 0 aromatic heterocycles. The van der Waals surface area contributed by atoms with Gasteiger partial charge in [-0.25, -0.2) is 0 Å². The highest BCUT2D eigenvalue weighted by Crippen LogP contribution is 2.12. The highest BCUT2D eigenvalue weighted by atomic mass is 16.5. The minimum absolute atomic E-state index is 0.00281. The van der Waals surface area contributed by atoms with Crippen LogP contribution in [0.2, 0.25) is 0 Å². The number of rotatable bonds is 8. The molecule has 7 heteroatoms. The first-order valence-electron chi connectivity index (χ1n) is 10.2. The molecule has 7 nitrogen and oxygen atoms in total. The number of hydrogen-bond donors (Lipinski definition) is 1. The zero-order chi connectivity index (χ0) is 21.3. The number of amides is 2. The summed E-state index contributed by atoms with van der Waals surface area (Å²) in [5, 5.41) is 2.94. The van der Waals surface area contributed by atoms with Crippen molar-refractivity contribution in [2.24, 2.45) is 0 Å². The van der Waals surface area contributed by atoms with Gasteiger partial charge in [-0.05, 0) is 43.3 Å². The van der Waals surface area contributed by atoms with Gasteiger partial charge in [0.25, 0.3) is 11.8 Å². The SMILES string of the molecule is COc1ccc(C(=O)NCCN2CCN(C(=O)COc3ccc(C)cc3)CC2)cc1. The highest BCUT2D eigenvalue weighted by molar-refractivity contribution is 5.94. The molecular formula is C23H29N3O4. The standard InChI is InChI=1S/C23H29N3O4/c1-18-3-7-21(8-4-18)30-17-22(27)26-15-13-25(14-16-26)12-11-24-23(28)19-5-9-20(29-2)10-6-19/h3-10H,11-17H2,1-2H3,(H,24,28). The third kappa shape index (κ3) is 6.22. The molecule has 0 spiro atoms. The van der Waals surface area contributed by atoms with Gasteiger partial charge in [0.2, 0.25) is 0 Å². The number of nitrogens with one attached hydrogen (secondary N) is 1. The van der Waals surface area contributed by atoms with Crippen molar-refractivity contribution in [1.82, 2.24) is 15.1 Å². The van der Waals surface area contributed by atoms with Crippen molar-refractivity contribution >= 4 is 11.8 Å². The van der Waals surface area contributed by atoms with Crippen LogP contribution in [0.4, 0.5) is 0 Å². The van der Waals surface area contributed by atoms with Crippen LogP contribution in [0.25, 0.3) is 0 Å². The molecule has 2 amide bonds. The van der Waals surface area contributed by atoms with Crippen molar-refractivity contribution < 1.29 is 19.1 Å². The van der Waals surface area contributed by atoms with E-state index >= 15 is 0 Å². The van der Waals surface area contributed by atoms with Crippen LogP contribution in [0.3, 0.4) is 0 Å². The summed E-state index contributed by atoms with van der Waals surface area (Å²) < 4.78 is 10.7. The summed E-state index contributed by atoms with van der Waals surface area (Å²) in [6.07, 6.45) is 0. The number of carbonyl (C=O) groups is 2. The Morgan fingerprint density at radius 2 is 1.57 bits per heavy atom. The Hall–Kier alpha value is -3.06. The second-order valence-electron chi connectivity index (χ2n) is 7.31. The van der Waals surface area contributed by atoms with Crippen LogP contribution in [0.5, 0.6) is 11.5 Å². The van der Waals surface area contributed by atoms with Crippen molar-refractivity contribution in [1.29, 1.82) is 0 Å². The third-order valence-electron chi connectivity index (χ3n) is 5.17. The number of methoxy groups -OCH3 is 1. The maximum Gasteiger partial charge on any atom is 0.260 e. The van der Waals surface area contributed by atoms with Crippen LogP contribution < -0.4 is 14.8 Å². The molecule has 0 radical (unpaired) electrons. The van der Waals surface area contributed by atoms with E-state index in [1.165, 1.54) is 0 Å². The lowest BCUT2D eigenvalue weighted by molar-refractivity contribution is -0.135. The van der Waals surface area contributed by atoms with Crippen LogP contribution in [0, 0.1) is 6.92 Å². The Morgan fingerprint density at radius 1 is 0.933 bits per heavy atom. The summed E-state index contributed by atoms with van der Waals surface area (Å²) in [6, 6.07) is 14.7. The lowest BCUT2D eigenvalue weighted by Gasteiger charge is -2.34. The molecule has 1 saturated heterocycles. The summed E-state index contributed by atoms with van der Waals surface area (Å²) in [4.78, 5) is 28.6. The van der Waals surface area contributed by atoms with Crippen LogP contribution in [0.1, 0.15) is 15.9 Å². The average molecular weight is 412 g/mol. The third-order valence-corrected chi connectivity index (χ3v) is 5.17. The Morgan fingerprint density at radius 3 is 2.20 bits per heavy atom. The zero-order valence-corrected chi connectivity index (χ0v) is 17.6. The Balaban J connectivity index is 1.33. The fraction of sp³-hybridized carbons (Fsp3) is 0.391. The Labute approximate surface area is 177 Å². The average Bonchev–Trinajstić information content (AvgIpc) is 2.79. The van der Waals surface area contributed by atoms with Gasteiger partial charge >= 0.3 is 0 Å². The van der Waals surface area contributed by atoms with Crippen molar-refractivity contribution in [3.05, 3.63) is 59.7 Å². The van der Waals surface area contributed by atoms with Gasteiger partial charge in [-0.15, -0.1) is 0 Å². The molecule has 0 saturated carbocycles. The molecule has 1 N–H and O–H groups in total. The second kappa shape index (κ2) is 10.6. The van der Waals surface area contributed by atoms with Gasteiger partial charge in [0, 0.05) is 44.8 Å². The van der Waals surface area contributed by atoms with Crippen molar-refractivity contribution in [3.8, 4) is 11.5 Å². The molecule has 160 valence electrons. The molecule has 2 aromatic rings. The number of piperazine rings is 1. The number of hydrogen-bond acceptors (Lipinski definition) is 5. The molecule has 3 rings (SSSR count). The molecule has 0 aliphatic carbocycles. The van der Waals surface area contributed by atoms with Gasteiger partial charge in [-0.3, -0.25) is 14.5 Å². The van der Waals surface area contributed by atoms with Crippen molar-refractivity contribution in [3.63, 3.8) is 0 Å². The van der Waals surface area contributed by atoms with E-state index in [-0.39, 0.29) is 18.4 Å². The molecule has 1 aliphatic rings. The van der Waals surface area contributed by atoms with E-state index in [1.807, 2.05) is 36.1 Å². The highest BCUT2D eigenvalue weighted by Gasteiger charge is 2.21. The molecule has 2 aromatic carbocycles. The smallest absolute Gasteiger partial charge is 0.260 e. The monoisotopic (exact) mass is 411 g/mol. The second-order valence-corrected chi connectivity index (χ2v) is 7.31. The topological polar surface area (TPSA) is 71.1 Å². The maximum absolute atomic E-state index is 12.4. The number of ether oxygens (including phenoxy) is 2. The van der Waals surface area contributed by atoms with Gasteiger partial charge in [0.1, 0.15) is 11.5 Å². The summed E-state index contributed by atoms with van der Waals surface area (Å²) in [5.74, 6) is 1.34. The number of aryl methyl sites for hydroxylation is 1. The predicted octanol–water partition coefficient (Wildman–Crippen LogP) is 1.96. The van der Waals surface area contributed by atoms with E-state index in [4.69, 9.17) is 9.47 Å². The van der Waals surface area contributed by atoms with Gasteiger partial charge in [0.05, 0.1) is 7.11 Å². The molecule has 0 atom stereocenters. The molecule has 0 bridgehead atoms. The first-order valence-corrected chi connectivity index (χ1v) is 10.2. The lowest BCUT2D eigenvalue weighted by Crippen LogP contribution is -2.51. The summed E-state index contributed by atoms with van der Waals surface area (Å²) in [5.41, 5.74) is 1.77. The molecule has 1 heterocycles. The van der Waals surface area contributed by atoms with Gasteiger partial charge in [-0.1, -0.05) is 17.7 Å². The number of benzene rings is 2. The summed E-state index contributed by atoms with van der Waals surface area (Å²) in [6.45, 7) is 6.30. The minimum atomic E-state index is -0.0975. The fourth-order valence-corrected chi connectivity index (χ4v) is 3.26. The first-order chi connectivity index (χ1) is 14.5. The van der Waals surface area contributed by atoms with Crippen LogP contribution in [-0.4, -0.2) is 74.6 Å². The van der Waals surface area contributed by atoms with Gasteiger partial charge in [0.15, 0.2) is 6.61 Å². The minimum Gasteiger partial charge on any atom is -0.497 e. The number of carbonyl (C=O) groups excluding carboxylic acids is 2. The fourth-order valence-electron chi connectivity index (χ4n) is 3.26. The van der Waals surface area contributed by atoms with Gasteiger partial charge < -0.3 is 19.7 Å². The molecule has 1 aliphatic heterocycles. The predicted molar refractivity (Wildman–Crippen MR) is 115 cm³/mol.